The number of H-pyrrole nitrogens is 1. The topological polar surface area (TPSA) is 62.0 Å². The molecule has 5 rings (SSSR count). The van der Waals surface area contributed by atoms with Crippen LogP contribution < -0.4 is 5.32 Å². The zero-order chi connectivity index (χ0) is 14.8. The largest absolute Gasteiger partial charge is 0.354 e. The lowest BCUT2D eigenvalue weighted by molar-refractivity contribution is 0.0880. The fourth-order valence-electron chi connectivity index (χ4n) is 4.07. The molecule has 108 valence electrons. The van der Waals surface area contributed by atoms with Crippen molar-refractivity contribution in [3.63, 3.8) is 0 Å². The first-order chi connectivity index (χ1) is 10.8. The highest BCUT2D eigenvalue weighted by Gasteiger charge is 2.35. The molecule has 1 aliphatic heterocycles. The Bertz CT molecular complexity index is 997. The van der Waals surface area contributed by atoms with Crippen molar-refractivity contribution < 1.29 is 9.59 Å². The number of carbonyl (C=O) groups is 2. The van der Waals surface area contributed by atoms with Crippen LogP contribution in [0.4, 0.5) is 0 Å². The van der Waals surface area contributed by atoms with Gasteiger partial charge in [0.05, 0.1) is 16.6 Å². The van der Waals surface area contributed by atoms with E-state index in [0.717, 1.165) is 53.1 Å². The minimum atomic E-state index is -0.261. The molecule has 2 aromatic carbocycles. The van der Waals surface area contributed by atoms with E-state index in [1.54, 1.807) is 0 Å². The summed E-state index contributed by atoms with van der Waals surface area (Å²) in [5.74, 6) is -0.492. The molecule has 22 heavy (non-hydrogen) atoms. The highest BCUT2D eigenvalue weighted by molar-refractivity contribution is 6.31. The number of para-hydroxylation sites is 1. The Morgan fingerprint density at radius 1 is 0.864 bits per heavy atom. The van der Waals surface area contributed by atoms with Crippen molar-refractivity contribution in [3.8, 4) is 0 Å². The van der Waals surface area contributed by atoms with E-state index in [9.17, 15) is 9.59 Å². The van der Waals surface area contributed by atoms with Gasteiger partial charge in [0.1, 0.15) is 0 Å². The Kier molecular flexibility index (Phi) is 2.16. The molecule has 4 nitrogen and oxygen atoms in total. The van der Waals surface area contributed by atoms with E-state index in [1.807, 2.05) is 24.3 Å². The van der Waals surface area contributed by atoms with E-state index in [2.05, 4.69) is 10.3 Å². The second kappa shape index (κ2) is 3.97. The Hall–Kier alpha value is -2.62. The number of benzene rings is 2. The SMILES string of the molecule is O=C1NC(=O)c2c1c1c(c3[nH]c4ccccc4c23)CCCC1. The predicted octanol–water partition coefficient (Wildman–Crippen LogP) is 3.08. The number of aryl methyl sites for hydroxylation is 1. The molecule has 0 fully saturated rings. The van der Waals surface area contributed by atoms with Gasteiger partial charge in [-0.15, -0.1) is 0 Å². The van der Waals surface area contributed by atoms with Crippen LogP contribution in [-0.4, -0.2) is 16.8 Å². The van der Waals surface area contributed by atoms with Gasteiger partial charge in [-0.25, -0.2) is 0 Å². The molecule has 1 aliphatic carbocycles. The van der Waals surface area contributed by atoms with Gasteiger partial charge in [-0.3, -0.25) is 14.9 Å². The second-order valence-corrected chi connectivity index (χ2v) is 6.12. The lowest BCUT2D eigenvalue weighted by Gasteiger charge is -2.19. The number of nitrogens with one attached hydrogen (secondary N) is 2. The number of aromatic nitrogens is 1. The normalized spacial score (nSPS) is 16.9. The summed E-state index contributed by atoms with van der Waals surface area (Å²) in [5, 5.41) is 4.42. The third-order valence-electron chi connectivity index (χ3n) is 4.96. The first kappa shape index (κ1) is 12.0. The molecule has 2 N–H and O–H groups in total. The van der Waals surface area contributed by atoms with Crippen LogP contribution in [0.15, 0.2) is 24.3 Å². The van der Waals surface area contributed by atoms with E-state index in [1.165, 1.54) is 5.56 Å². The van der Waals surface area contributed by atoms with Gasteiger partial charge in [0.25, 0.3) is 11.8 Å². The van der Waals surface area contributed by atoms with E-state index < -0.39 is 0 Å². The molecule has 0 unspecified atom stereocenters. The van der Waals surface area contributed by atoms with Crippen LogP contribution in [0.2, 0.25) is 0 Å². The molecule has 2 amide bonds. The molecular weight excluding hydrogens is 276 g/mol. The minimum Gasteiger partial charge on any atom is -0.354 e. The second-order valence-electron chi connectivity index (χ2n) is 6.12. The van der Waals surface area contributed by atoms with Crippen LogP contribution in [0.1, 0.15) is 44.7 Å². The van der Waals surface area contributed by atoms with E-state index in [0.29, 0.717) is 11.1 Å². The lowest BCUT2D eigenvalue weighted by Crippen LogP contribution is -2.20. The van der Waals surface area contributed by atoms with Crippen molar-refractivity contribution in [2.45, 2.75) is 25.7 Å². The Balaban J connectivity index is 2.08. The summed E-state index contributed by atoms with van der Waals surface area (Å²) in [4.78, 5) is 28.2. The zero-order valence-corrected chi connectivity index (χ0v) is 12.0. The molecule has 1 aromatic heterocycles. The van der Waals surface area contributed by atoms with Gasteiger partial charge in [-0.05, 0) is 42.9 Å². The summed E-state index contributed by atoms with van der Waals surface area (Å²) < 4.78 is 0. The maximum atomic E-state index is 12.4. The standard InChI is InChI=1S/C18H14N2O2/c21-17-14-9-5-1-2-6-10(9)16-13(15(14)18(22)20-17)11-7-3-4-8-12(11)19-16/h3-4,7-8,19H,1-2,5-6H2,(H,20,21,22). The van der Waals surface area contributed by atoms with Crippen molar-refractivity contribution in [1.29, 1.82) is 0 Å². The van der Waals surface area contributed by atoms with Crippen LogP contribution >= 0.6 is 0 Å². The van der Waals surface area contributed by atoms with Crippen molar-refractivity contribution >= 4 is 33.6 Å². The molecule has 0 bridgehead atoms. The fourth-order valence-corrected chi connectivity index (χ4v) is 4.07. The number of rotatable bonds is 0. The molecule has 0 spiro atoms. The first-order valence-corrected chi connectivity index (χ1v) is 7.69. The van der Waals surface area contributed by atoms with E-state index in [4.69, 9.17) is 0 Å². The quantitative estimate of drug-likeness (QED) is 0.625. The molecule has 0 saturated heterocycles. The summed E-state index contributed by atoms with van der Waals surface area (Å²) in [6, 6.07) is 7.98. The number of hydrogen-bond donors (Lipinski definition) is 2. The number of fused-ring (bicyclic) bond motifs is 8. The van der Waals surface area contributed by atoms with Gasteiger partial charge in [0.15, 0.2) is 0 Å². The number of imide groups is 1. The number of carbonyl (C=O) groups excluding carboxylic acids is 2. The third kappa shape index (κ3) is 1.32. The smallest absolute Gasteiger partial charge is 0.259 e. The van der Waals surface area contributed by atoms with Crippen LogP contribution in [0.25, 0.3) is 21.8 Å². The molecule has 4 heteroatoms. The van der Waals surface area contributed by atoms with Crippen LogP contribution in [-0.2, 0) is 12.8 Å². The van der Waals surface area contributed by atoms with Crippen molar-refractivity contribution in [2.24, 2.45) is 0 Å². The van der Waals surface area contributed by atoms with Gasteiger partial charge < -0.3 is 4.98 Å². The third-order valence-corrected chi connectivity index (χ3v) is 4.96. The molecular formula is C18H14N2O2. The summed E-state index contributed by atoms with van der Waals surface area (Å²) in [6.07, 6.45) is 4.05. The zero-order valence-electron chi connectivity index (χ0n) is 12.0. The van der Waals surface area contributed by atoms with Crippen molar-refractivity contribution in [3.05, 3.63) is 46.5 Å². The molecule has 2 heterocycles. The van der Waals surface area contributed by atoms with Gasteiger partial charge in [-0.1, -0.05) is 18.2 Å². The summed E-state index contributed by atoms with van der Waals surface area (Å²) >= 11 is 0. The van der Waals surface area contributed by atoms with E-state index >= 15 is 0 Å². The Morgan fingerprint density at radius 2 is 1.59 bits per heavy atom. The van der Waals surface area contributed by atoms with Crippen LogP contribution in [0.3, 0.4) is 0 Å². The highest BCUT2D eigenvalue weighted by Crippen LogP contribution is 2.40. The number of amides is 2. The van der Waals surface area contributed by atoms with Gasteiger partial charge >= 0.3 is 0 Å². The van der Waals surface area contributed by atoms with Crippen LogP contribution in [0.5, 0.6) is 0 Å². The first-order valence-electron chi connectivity index (χ1n) is 7.69. The number of aromatic amines is 1. The average molecular weight is 290 g/mol. The van der Waals surface area contributed by atoms with Crippen molar-refractivity contribution in [2.75, 3.05) is 0 Å². The lowest BCUT2D eigenvalue weighted by atomic mass is 9.84. The fraction of sp³-hybridized carbons (Fsp3) is 0.222. The predicted molar refractivity (Wildman–Crippen MR) is 84.2 cm³/mol. The molecule has 0 radical (unpaired) electrons. The summed E-state index contributed by atoms with van der Waals surface area (Å²) in [6.45, 7) is 0. The van der Waals surface area contributed by atoms with Gasteiger partial charge in [0, 0.05) is 16.3 Å². The maximum absolute atomic E-state index is 12.4. The van der Waals surface area contributed by atoms with Crippen LogP contribution in [0, 0.1) is 0 Å². The number of hydrogen-bond acceptors (Lipinski definition) is 2. The minimum absolute atomic E-state index is 0.231. The van der Waals surface area contributed by atoms with Crippen molar-refractivity contribution in [1.82, 2.24) is 10.3 Å². The van der Waals surface area contributed by atoms with Gasteiger partial charge in [0.2, 0.25) is 0 Å². The Morgan fingerprint density at radius 3 is 2.45 bits per heavy atom. The van der Waals surface area contributed by atoms with Gasteiger partial charge in [-0.2, -0.15) is 0 Å². The average Bonchev–Trinajstić information content (AvgIpc) is 3.05. The van der Waals surface area contributed by atoms with E-state index in [-0.39, 0.29) is 11.8 Å². The maximum Gasteiger partial charge on any atom is 0.259 e. The highest BCUT2D eigenvalue weighted by atomic mass is 16.2. The summed E-state index contributed by atoms with van der Waals surface area (Å²) in [7, 11) is 0. The monoisotopic (exact) mass is 290 g/mol. The Labute approximate surface area is 126 Å². The molecule has 2 aliphatic rings. The summed E-state index contributed by atoms with van der Waals surface area (Å²) in [5.41, 5.74) is 5.55. The molecule has 0 saturated carbocycles. The molecule has 0 atom stereocenters. The molecule has 3 aromatic rings.